The van der Waals surface area contributed by atoms with E-state index in [4.69, 9.17) is 4.52 Å². The Bertz CT molecular complexity index is 590. The van der Waals surface area contributed by atoms with Gasteiger partial charge >= 0.3 is 6.03 Å². The van der Waals surface area contributed by atoms with Crippen molar-refractivity contribution in [3.63, 3.8) is 0 Å². The second kappa shape index (κ2) is 6.39. The largest absolute Gasteiger partial charge is 0.361 e. The maximum Gasteiger partial charge on any atom is 0.317 e. The number of nitrogens with one attached hydrogen (secondary N) is 1. The molecule has 0 unspecified atom stereocenters. The monoisotopic (exact) mass is 288 g/mol. The number of pyridine rings is 1. The quantitative estimate of drug-likeness (QED) is 0.938. The molecule has 2 amide bonds. The molecular weight excluding hydrogens is 268 g/mol. The first-order valence-electron chi connectivity index (χ1n) is 6.82. The Kier molecular flexibility index (Phi) is 4.57. The van der Waals surface area contributed by atoms with Crippen molar-refractivity contribution in [2.24, 2.45) is 0 Å². The molecule has 2 aromatic heterocycles. The molecule has 0 fully saturated rings. The lowest BCUT2D eigenvalue weighted by atomic mass is 10.1. The molecule has 0 saturated heterocycles. The molecular formula is C15H20N4O2. The summed E-state index contributed by atoms with van der Waals surface area (Å²) in [4.78, 5) is 17.9. The van der Waals surface area contributed by atoms with Gasteiger partial charge in [-0.15, -0.1) is 0 Å². The van der Waals surface area contributed by atoms with Crippen LogP contribution in [0.4, 0.5) is 4.79 Å². The van der Waals surface area contributed by atoms with Crippen LogP contribution in [0.15, 0.2) is 29.0 Å². The predicted molar refractivity (Wildman–Crippen MR) is 78.6 cm³/mol. The molecule has 0 aromatic carbocycles. The lowest BCUT2D eigenvalue weighted by Gasteiger charge is -2.21. The minimum Gasteiger partial charge on any atom is -0.361 e. The van der Waals surface area contributed by atoms with Gasteiger partial charge in [-0.05, 0) is 32.4 Å². The molecule has 2 aromatic rings. The van der Waals surface area contributed by atoms with Crippen LogP contribution < -0.4 is 5.32 Å². The minimum atomic E-state index is -0.147. The van der Waals surface area contributed by atoms with Crippen molar-refractivity contribution in [2.75, 3.05) is 7.05 Å². The van der Waals surface area contributed by atoms with Crippen LogP contribution in [0.25, 0.3) is 0 Å². The molecule has 0 radical (unpaired) electrons. The zero-order valence-corrected chi connectivity index (χ0v) is 12.8. The van der Waals surface area contributed by atoms with E-state index in [1.807, 2.05) is 32.9 Å². The van der Waals surface area contributed by atoms with E-state index < -0.39 is 0 Å². The smallest absolute Gasteiger partial charge is 0.317 e. The van der Waals surface area contributed by atoms with E-state index in [2.05, 4.69) is 15.5 Å². The van der Waals surface area contributed by atoms with Crippen LogP contribution >= 0.6 is 0 Å². The third-order valence-corrected chi connectivity index (χ3v) is 3.45. The molecule has 0 aliphatic rings. The fourth-order valence-corrected chi connectivity index (χ4v) is 2.05. The van der Waals surface area contributed by atoms with Crippen LogP contribution in [-0.4, -0.2) is 28.1 Å². The third-order valence-electron chi connectivity index (χ3n) is 3.45. The molecule has 0 aliphatic carbocycles. The van der Waals surface area contributed by atoms with Crippen LogP contribution in [-0.2, 0) is 6.54 Å². The zero-order valence-electron chi connectivity index (χ0n) is 12.8. The fraction of sp³-hybridized carbons (Fsp3) is 0.400. The summed E-state index contributed by atoms with van der Waals surface area (Å²) >= 11 is 0. The molecule has 0 aliphatic heterocycles. The summed E-state index contributed by atoms with van der Waals surface area (Å²) in [5.74, 6) is 0.743. The standard InChI is InChI=1S/C15H20N4O2/c1-10(13-6-5-7-16-8-13)17-15(20)19(4)9-14-11(2)18-21-12(14)3/h5-8,10H,9H2,1-4H3,(H,17,20)/t10-/m1/s1. The zero-order chi connectivity index (χ0) is 15.4. The highest BCUT2D eigenvalue weighted by Crippen LogP contribution is 2.15. The predicted octanol–water partition coefficient (Wildman–Crippen LogP) is 2.59. The topological polar surface area (TPSA) is 71.3 Å². The fourth-order valence-electron chi connectivity index (χ4n) is 2.05. The van der Waals surface area contributed by atoms with Gasteiger partial charge in [-0.25, -0.2) is 4.79 Å². The maximum atomic E-state index is 12.2. The first-order valence-corrected chi connectivity index (χ1v) is 6.82. The normalized spacial score (nSPS) is 12.0. The van der Waals surface area contributed by atoms with Crippen molar-refractivity contribution < 1.29 is 9.32 Å². The van der Waals surface area contributed by atoms with Gasteiger partial charge in [0.05, 0.1) is 18.3 Å². The molecule has 21 heavy (non-hydrogen) atoms. The minimum absolute atomic E-state index is 0.0988. The molecule has 2 heterocycles. The Morgan fingerprint density at radius 1 is 1.48 bits per heavy atom. The van der Waals surface area contributed by atoms with Gasteiger partial charge in [0.25, 0.3) is 0 Å². The number of aryl methyl sites for hydroxylation is 2. The Hall–Kier alpha value is -2.37. The number of aromatic nitrogens is 2. The van der Waals surface area contributed by atoms with Gasteiger partial charge < -0.3 is 14.7 Å². The van der Waals surface area contributed by atoms with E-state index in [0.717, 1.165) is 22.6 Å². The summed E-state index contributed by atoms with van der Waals surface area (Å²) in [7, 11) is 1.75. The number of urea groups is 1. The Balaban J connectivity index is 1.97. The maximum absolute atomic E-state index is 12.2. The van der Waals surface area contributed by atoms with Crippen molar-refractivity contribution in [3.8, 4) is 0 Å². The first-order chi connectivity index (χ1) is 9.99. The highest BCUT2D eigenvalue weighted by molar-refractivity contribution is 5.74. The van der Waals surface area contributed by atoms with Crippen molar-refractivity contribution in [1.29, 1.82) is 0 Å². The van der Waals surface area contributed by atoms with Crippen LogP contribution in [0.3, 0.4) is 0 Å². The van der Waals surface area contributed by atoms with Gasteiger partial charge in [0.1, 0.15) is 5.76 Å². The molecule has 0 spiro atoms. The highest BCUT2D eigenvalue weighted by Gasteiger charge is 2.17. The summed E-state index contributed by atoms with van der Waals surface area (Å²) in [5, 5.41) is 6.84. The lowest BCUT2D eigenvalue weighted by Crippen LogP contribution is -2.38. The molecule has 2 rings (SSSR count). The number of carbonyl (C=O) groups excluding carboxylic acids is 1. The second-order valence-corrected chi connectivity index (χ2v) is 5.12. The van der Waals surface area contributed by atoms with Crippen LogP contribution in [0.5, 0.6) is 0 Å². The average molecular weight is 288 g/mol. The van der Waals surface area contributed by atoms with E-state index in [0.29, 0.717) is 6.54 Å². The number of amides is 2. The Labute approximate surface area is 124 Å². The third kappa shape index (κ3) is 3.59. The summed E-state index contributed by atoms with van der Waals surface area (Å²) in [6, 6.07) is 3.54. The van der Waals surface area contributed by atoms with Crippen molar-refractivity contribution in [2.45, 2.75) is 33.4 Å². The summed E-state index contributed by atoms with van der Waals surface area (Å²) in [6.45, 7) is 6.11. The van der Waals surface area contributed by atoms with Gasteiger partial charge in [-0.3, -0.25) is 4.98 Å². The van der Waals surface area contributed by atoms with E-state index in [1.165, 1.54) is 0 Å². The molecule has 1 atom stereocenters. The number of hydrogen-bond donors (Lipinski definition) is 1. The SMILES string of the molecule is Cc1noc(C)c1CN(C)C(=O)N[C@H](C)c1cccnc1. The summed E-state index contributed by atoms with van der Waals surface area (Å²) < 4.78 is 5.11. The van der Waals surface area contributed by atoms with E-state index in [1.54, 1.807) is 24.3 Å². The lowest BCUT2D eigenvalue weighted by molar-refractivity contribution is 0.203. The summed E-state index contributed by atoms with van der Waals surface area (Å²) in [6.07, 6.45) is 3.46. The van der Waals surface area contributed by atoms with Crippen LogP contribution in [0.2, 0.25) is 0 Å². The van der Waals surface area contributed by atoms with Crippen LogP contribution in [0.1, 0.15) is 35.5 Å². The van der Waals surface area contributed by atoms with Crippen LogP contribution in [0, 0.1) is 13.8 Å². The average Bonchev–Trinajstić information content (AvgIpc) is 2.79. The van der Waals surface area contributed by atoms with Gasteiger partial charge in [-0.1, -0.05) is 11.2 Å². The Morgan fingerprint density at radius 3 is 2.81 bits per heavy atom. The van der Waals surface area contributed by atoms with Gasteiger partial charge in [0.2, 0.25) is 0 Å². The molecule has 0 bridgehead atoms. The molecule has 0 saturated carbocycles. The van der Waals surface area contributed by atoms with Crippen molar-refractivity contribution in [3.05, 3.63) is 47.1 Å². The van der Waals surface area contributed by atoms with Gasteiger partial charge in [0, 0.05) is 25.0 Å². The number of hydrogen-bond acceptors (Lipinski definition) is 4. The molecule has 6 heteroatoms. The van der Waals surface area contributed by atoms with E-state index in [9.17, 15) is 4.79 Å². The molecule has 1 N–H and O–H groups in total. The molecule has 6 nitrogen and oxygen atoms in total. The molecule has 112 valence electrons. The summed E-state index contributed by atoms with van der Waals surface area (Å²) in [5.41, 5.74) is 2.73. The van der Waals surface area contributed by atoms with Crippen molar-refractivity contribution in [1.82, 2.24) is 20.4 Å². The highest BCUT2D eigenvalue weighted by atomic mass is 16.5. The number of rotatable bonds is 4. The number of carbonyl (C=O) groups is 1. The number of nitrogens with zero attached hydrogens (tertiary/aromatic N) is 3. The second-order valence-electron chi connectivity index (χ2n) is 5.12. The van der Waals surface area contributed by atoms with Gasteiger partial charge in [0.15, 0.2) is 0 Å². The van der Waals surface area contributed by atoms with E-state index >= 15 is 0 Å². The van der Waals surface area contributed by atoms with E-state index in [-0.39, 0.29) is 12.1 Å². The first kappa shape index (κ1) is 15.0. The van der Waals surface area contributed by atoms with Gasteiger partial charge in [-0.2, -0.15) is 0 Å². The van der Waals surface area contributed by atoms with Crippen molar-refractivity contribution >= 4 is 6.03 Å². The Morgan fingerprint density at radius 2 is 2.24 bits per heavy atom.